The molecule has 0 spiro atoms. The summed E-state index contributed by atoms with van der Waals surface area (Å²) in [4.78, 5) is 29.8. The summed E-state index contributed by atoms with van der Waals surface area (Å²) in [5, 5.41) is 0.330. The quantitative estimate of drug-likeness (QED) is 0.715. The van der Waals surface area contributed by atoms with E-state index in [1.54, 1.807) is 36.4 Å². The van der Waals surface area contributed by atoms with Crippen LogP contribution in [0, 0.1) is 11.7 Å². The van der Waals surface area contributed by atoms with Gasteiger partial charge in [0.05, 0.1) is 16.3 Å². The average Bonchev–Trinajstić information content (AvgIpc) is 2.94. The second kappa shape index (κ2) is 7.40. The molecule has 1 fully saturated rings. The van der Waals surface area contributed by atoms with Gasteiger partial charge in [-0.2, -0.15) is 0 Å². The summed E-state index contributed by atoms with van der Waals surface area (Å²) in [5.74, 6) is -0.624. The number of hydrogen-bond donors (Lipinski definition) is 0. The zero-order chi connectivity index (χ0) is 19.8. The number of halogens is 2. The highest BCUT2D eigenvalue weighted by molar-refractivity contribution is 6.47. The van der Waals surface area contributed by atoms with Gasteiger partial charge in [-0.25, -0.2) is 9.29 Å². The maximum absolute atomic E-state index is 13.4. The van der Waals surface area contributed by atoms with Crippen LogP contribution in [0.25, 0.3) is 5.57 Å². The van der Waals surface area contributed by atoms with E-state index < -0.39 is 11.7 Å². The first kappa shape index (κ1) is 18.7. The first-order valence-corrected chi connectivity index (χ1v) is 9.73. The summed E-state index contributed by atoms with van der Waals surface area (Å²) >= 11 is 6.27. The van der Waals surface area contributed by atoms with Gasteiger partial charge in [-0.3, -0.25) is 9.59 Å². The van der Waals surface area contributed by atoms with Gasteiger partial charge in [-0.1, -0.05) is 42.8 Å². The van der Waals surface area contributed by atoms with Gasteiger partial charge in [0.2, 0.25) is 0 Å². The highest BCUT2D eigenvalue weighted by Gasteiger charge is 2.43. The Labute approximate surface area is 168 Å². The molecule has 2 aromatic rings. The van der Waals surface area contributed by atoms with Crippen molar-refractivity contribution < 1.29 is 14.0 Å². The van der Waals surface area contributed by atoms with Crippen LogP contribution in [0.15, 0.2) is 54.2 Å². The first-order valence-electron chi connectivity index (χ1n) is 9.36. The molecular weight excluding hydrogens is 379 g/mol. The van der Waals surface area contributed by atoms with E-state index in [4.69, 9.17) is 11.6 Å². The lowest BCUT2D eigenvalue weighted by atomic mass is 9.97. The SMILES string of the molecule is CC1CCN(C2=C(c3ccc(F)cc3)C(=O)N(c3ccccc3Cl)C2=O)CC1. The van der Waals surface area contributed by atoms with Gasteiger partial charge in [0.25, 0.3) is 11.8 Å². The Bertz CT molecular complexity index is 963. The molecule has 2 aliphatic rings. The number of amides is 2. The molecule has 0 aliphatic carbocycles. The molecule has 0 unspecified atom stereocenters. The maximum Gasteiger partial charge on any atom is 0.282 e. The zero-order valence-corrected chi connectivity index (χ0v) is 16.2. The van der Waals surface area contributed by atoms with Crippen molar-refractivity contribution in [3.8, 4) is 0 Å². The Morgan fingerprint density at radius 1 is 0.964 bits per heavy atom. The van der Waals surface area contributed by atoms with E-state index in [1.165, 1.54) is 12.1 Å². The van der Waals surface area contributed by atoms with E-state index in [0.29, 0.717) is 46.6 Å². The fourth-order valence-electron chi connectivity index (χ4n) is 3.77. The van der Waals surface area contributed by atoms with E-state index in [1.807, 2.05) is 4.90 Å². The van der Waals surface area contributed by atoms with Gasteiger partial charge < -0.3 is 4.90 Å². The van der Waals surface area contributed by atoms with Gasteiger partial charge >= 0.3 is 0 Å². The van der Waals surface area contributed by atoms with Crippen LogP contribution in [0.4, 0.5) is 10.1 Å². The van der Waals surface area contributed by atoms with Crippen LogP contribution in [0.5, 0.6) is 0 Å². The highest BCUT2D eigenvalue weighted by atomic mass is 35.5. The molecule has 0 N–H and O–H groups in total. The van der Waals surface area contributed by atoms with E-state index in [-0.39, 0.29) is 5.91 Å². The Balaban J connectivity index is 1.82. The number of carbonyl (C=O) groups is 2. The minimum absolute atomic E-state index is 0.305. The molecular formula is C22H20ClFN2O2. The molecule has 2 aliphatic heterocycles. The lowest BCUT2D eigenvalue weighted by Gasteiger charge is -2.32. The van der Waals surface area contributed by atoms with E-state index in [0.717, 1.165) is 17.7 Å². The van der Waals surface area contributed by atoms with Crippen LogP contribution in [0.1, 0.15) is 25.3 Å². The van der Waals surface area contributed by atoms with E-state index in [9.17, 15) is 14.0 Å². The molecule has 0 bridgehead atoms. The molecule has 0 radical (unpaired) electrons. The van der Waals surface area contributed by atoms with Crippen molar-refractivity contribution in [3.63, 3.8) is 0 Å². The third kappa shape index (κ3) is 3.20. The van der Waals surface area contributed by atoms with E-state index >= 15 is 0 Å². The second-order valence-electron chi connectivity index (χ2n) is 7.30. The molecule has 6 heteroatoms. The highest BCUT2D eigenvalue weighted by Crippen LogP contribution is 2.38. The largest absolute Gasteiger partial charge is 0.366 e. The third-order valence-corrected chi connectivity index (χ3v) is 5.71. The van der Waals surface area contributed by atoms with Gasteiger partial charge in [0, 0.05) is 13.1 Å². The number of likely N-dealkylation sites (tertiary alicyclic amines) is 1. The van der Waals surface area contributed by atoms with Crippen LogP contribution in [-0.4, -0.2) is 29.8 Å². The lowest BCUT2D eigenvalue weighted by Crippen LogP contribution is -2.38. The number of hydrogen-bond acceptors (Lipinski definition) is 3. The molecule has 28 heavy (non-hydrogen) atoms. The van der Waals surface area contributed by atoms with Crippen molar-refractivity contribution in [2.24, 2.45) is 5.92 Å². The Morgan fingerprint density at radius 2 is 1.61 bits per heavy atom. The minimum atomic E-state index is -0.432. The molecule has 0 aromatic heterocycles. The Morgan fingerprint density at radius 3 is 2.25 bits per heavy atom. The van der Waals surface area contributed by atoms with Crippen LogP contribution in [0.3, 0.4) is 0 Å². The molecule has 4 rings (SSSR count). The number of imide groups is 1. The fraction of sp³-hybridized carbons (Fsp3) is 0.273. The number of piperidine rings is 1. The third-order valence-electron chi connectivity index (χ3n) is 5.39. The average molecular weight is 399 g/mol. The van der Waals surface area contributed by atoms with E-state index in [2.05, 4.69) is 6.92 Å². The van der Waals surface area contributed by atoms with Crippen molar-refractivity contribution in [3.05, 3.63) is 70.6 Å². The summed E-state index contributed by atoms with van der Waals surface area (Å²) in [5.41, 5.74) is 1.57. The van der Waals surface area contributed by atoms with Crippen LogP contribution in [-0.2, 0) is 9.59 Å². The minimum Gasteiger partial charge on any atom is -0.366 e. The van der Waals surface area contributed by atoms with Gasteiger partial charge in [-0.15, -0.1) is 0 Å². The zero-order valence-electron chi connectivity index (χ0n) is 15.5. The van der Waals surface area contributed by atoms with Crippen molar-refractivity contribution in [1.82, 2.24) is 4.90 Å². The molecule has 2 amide bonds. The summed E-state index contributed by atoms with van der Waals surface area (Å²) < 4.78 is 13.4. The summed E-state index contributed by atoms with van der Waals surface area (Å²) in [6.07, 6.45) is 1.90. The number of carbonyl (C=O) groups excluding carboxylic acids is 2. The van der Waals surface area contributed by atoms with Crippen molar-refractivity contribution >= 4 is 34.7 Å². The Hall–Kier alpha value is -2.66. The Kier molecular flexibility index (Phi) is 4.94. The lowest BCUT2D eigenvalue weighted by molar-refractivity contribution is -0.120. The maximum atomic E-state index is 13.4. The second-order valence-corrected chi connectivity index (χ2v) is 7.70. The van der Waals surface area contributed by atoms with Crippen LogP contribution in [0.2, 0.25) is 5.02 Å². The van der Waals surface area contributed by atoms with Gasteiger partial charge in [0.1, 0.15) is 11.5 Å². The number of anilines is 1. The van der Waals surface area contributed by atoms with Crippen LogP contribution < -0.4 is 4.90 Å². The van der Waals surface area contributed by atoms with Crippen molar-refractivity contribution in [2.45, 2.75) is 19.8 Å². The summed E-state index contributed by atoms with van der Waals surface area (Å²) in [7, 11) is 0. The van der Waals surface area contributed by atoms with Crippen LogP contribution >= 0.6 is 11.6 Å². The molecule has 0 atom stereocenters. The predicted octanol–water partition coefficient (Wildman–Crippen LogP) is 4.50. The molecule has 2 aromatic carbocycles. The van der Waals surface area contributed by atoms with Gasteiger partial charge in [0.15, 0.2) is 0 Å². The molecule has 2 heterocycles. The molecule has 0 saturated carbocycles. The fourth-order valence-corrected chi connectivity index (χ4v) is 3.99. The molecule has 144 valence electrons. The van der Waals surface area contributed by atoms with Crippen molar-refractivity contribution in [1.29, 1.82) is 0 Å². The topological polar surface area (TPSA) is 40.6 Å². The standard InChI is InChI=1S/C22H20ClFN2O2/c1-14-10-12-25(13-11-14)20-19(15-6-8-16(24)9-7-15)21(27)26(22(20)28)18-5-3-2-4-17(18)23/h2-9,14H,10-13H2,1H3. The number of benzene rings is 2. The molecule has 4 nitrogen and oxygen atoms in total. The first-order chi connectivity index (χ1) is 13.5. The summed E-state index contributed by atoms with van der Waals surface area (Å²) in [6, 6.07) is 12.5. The number of rotatable bonds is 3. The summed E-state index contributed by atoms with van der Waals surface area (Å²) in [6.45, 7) is 3.59. The van der Waals surface area contributed by atoms with Crippen molar-refractivity contribution in [2.75, 3.05) is 18.0 Å². The molecule has 1 saturated heterocycles. The smallest absolute Gasteiger partial charge is 0.282 e. The number of para-hydroxylation sites is 1. The predicted molar refractivity (Wildman–Crippen MR) is 107 cm³/mol. The van der Waals surface area contributed by atoms with Gasteiger partial charge in [-0.05, 0) is 48.6 Å². The monoisotopic (exact) mass is 398 g/mol. The normalized spacial score (nSPS) is 18.4. The number of nitrogens with zero attached hydrogens (tertiary/aromatic N) is 2.